The lowest BCUT2D eigenvalue weighted by molar-refractivity contribution is -0.136. The summed E-state index contributed by atoms with van der Waals surface area (Å²) < 4.78 is 0. The van der Waals surface area contributed by atoms with E-state index in [0.29, 0.717) is 15.6 Å². The molecule has 13 heavy (non-hydrogen) atoms. The molecule has 1 unspecified atom stereocenters. The summed E-state index contributed by atoms with van der Waals surface area (Å²) in [6.07, 6.45) is 0. The first kappa shape index (κ1) is 10.6. The van der Waals surface area contributed by atoms with Crippen LogP contribution in [0.1, 0.15) is 10.9 Å². The average Bonchev–Trinajstić information content (AvgIpc) is 2.08. The smallest absolute Gasteiger partial charge is 0.326 e. The number of alkyl halides is 1. The van der Waals surface area contributed by atoms with Crippen molar-refractivity contribution in [3.8, 4) is 0 Å². The summed E-state index contributed by atoms with van der Waals surface area (Å²) in [6, 6.07) is 4.48. The van der Waals surface area contributed by atoms with E-state index in [0.717, 1.165) is 0 Å². The van der Waals surface area contributed by atoms with Crippen LogP contribution in [0.4, 0.5) is 0 Å². The summed E-state index contributed by atoms with van der Waals surface area (Å²) >= 11 is 16.9. The molecule has 0 fully saturated rings. The van der Waals surface area contributed by atoms with Gasteiger partial charge in [0, 0.05) is 0 Å². The van der Waals surface area contributed by atoms with Gasteiger partial charge in [0.15, 0.2) is 5.38 Å². The van der Waals surface area contributed by atoms with E-state index in [9.17, 15) is 4.79 Å². The first-order chi connectivity index (χ1) is 6.02. The molecule has 1 aromatic rings. The number of hydrogen-bond acceptors (Lipinski definition) is 1. The number of carboxylic acids is 1. The number of benzene rings is 1. The predicted molar refractivity (Wildman–Crippen MR) is 52.7 cm³/mol. The molecular weight excluding hydrogens is 234 g/mol. The van der Waals surface area contributed by atoms with Crippen molar-refractivity contribution >= 4 is 40.8 Å². The van der Waals surface area contributed by atoms with Crippen molar-refractivity contribution in [1.29, 1.82) is 0 Å². The molecule has 0 aromatic heterocycles. The van der Waals surface area contributed by atoms with Gasteiger partial charge in [0.1, 0.15) is 0 Å². The third-order valence-corrected chi connectivity index (χ3v) is 2.63. The number of halogens is 3. The van der Waals surface area contributed by atoms with Gasteiger partial charge in [0.05, 0.1) is 10.0 Å². The van der Waals surface area contributed by atoms with E-state index in [-0.39, 0.29) is 0 Å². The lowest BCUT2D eigenvalue weighted by Gasteiger charge is -2.05. The molecule has 0 saturated carbocycles. The van der Waals surface area contributed by atoms with Crippen molar-refractivity contribution in [3.05, 3.63) is 33.8 Å². The van der Waals surface area contributed by atoms with Gasteiger partial charge in [-0.2, -0.15) is 0 Å². The van der Waals surface area contributed by atoms with E-state index in [2.05, 4.69) is 0 Å². The molecule has 2 nitrogen and oxygen atoms in total. The Balaban J connectivity index is 3.03. The molecule has 5 heteroatoms. The highest BCUT2D eigenvalue weighted by atomic mass is 35.5. The van der Waals surface area contributed by atoms with Gasteiger partial charge >= 0.3 is 5.97 Å². The van der Waals surface area contributed by atoms with Crippen LogP contribution in [0.5, 0.6) is 0 Å². The Morgan fingerprint density at radius 2 is 1.92 bits per heavy atom. The lowest BCUT2D eigenvalue weighted by atomic mass is 10.1. The zero-order chi connectivity index (χ0) is 10.0. The summed E-state index contributed by atoms with van der Waals surface area (Å²) in [5, 5.41) is 8.17. The maximum absolute atomic E-state index is 10.5. The third kappa shape index (κ3) is 2.50. The maximum Gasteiger partial charge on any atom is 0.326 e. The number of aliphatic carboxylic acids is 1. The normalized spacial score (nSPS) is 12.5. The van der Waals surface area contributed by atoms with E-state index in [1.807, 2.05) is 0 Å². The van der Waals surface area contributed by atoms with Crippen molar-refractivity contribution in [2.24, 2.45) is 0 Å². The van der Waals surface area contributed by atoms with E-state index >= 15 is 0 Å². The van der Waals surface area contributed by atoms with Gasteiger partial charge in [-0.3, -0.25) is 4.79 Å². The molecule has 0 amide bonds. The summed E-state index contributed by atoms with van der Waals surface area (Å²) in [7, 11) is 0. The highest BCUT2D eigenvalue weighted by Gasteiger charge is 2.16. The first-order valence-electron chi connectivity index (χ1n) is 3.34. The second kappa shape index (κ2) is 4.18. The number of hydrogen-bond donors (Lipinski definition) is 1. The van der Waals surface area contributed by atoms with Crippen LogP contribution >= 0.6 is 34.8 Å². The first-order valence-corrected chi connectivity index (χ1v) is 4.53. The van der Waals surface area contributed by atoms with Crippen LogP contribution in [0.15, 0.2) is 18.2 Å². The molecule has 0 aliphatic heterocycles. The fraction of sp³-hybridized carbons (Fsp3) is 0.125. The van der Waals surface area contributed by atoms with Gasteiger partial charge in [-0.25, -0.2) is 0 Å². The highest BCUT2D eigenvalue weighted by molar-refractivity contribution is 6.42. The quantitative estimate of drug-likeness (QED) is 0.804. The number of rotatable bonds is 2. The fourth-order valence-corrected chi connectivity index (χ4v) is 1.25. The van der Waals surface area contributed by atoms with Gasteiger partial charge < -0.3 is 5.11 Å². The molecule has 0 bridgehead atoms. The second-order valence-electron chi connectivity index (χ2n) is 2.37. The minimum atomic E-state index is -1.11. The Labute approximate surface area is 90.0 Å². The molecule has 0 radical (unpaired) electrons. The summed E-state index contributed by atoms with van der Waals surface area (Å²) in [4.78, 5) is 10.5. The van der Waals surface area contributed by atoms with Crippen LogP contribution in [-0.4, -0.2) is 11.1 Å². The van der Waals surface area contributed by atoms with Crippen molar-refractivity contribution in [1.82, 2.24) is 0 Å². The topological polar surface area (TPSA) is 37.3 Å². The highest BCUT2D eigenvalue weighted by Crippen LogP contribution is 2.28. The van der Waals surface area contributed by atoms with Crippen molar-refractivity contribution in [2.75, 3.05) is 0 Å². The van der Waals surface area contributed by atoms with Gasteiger partial charge in [-0.1, -0.05) is 29.3 Å². The largest absolute Gasteiger partial charge is 0.480 e. The second-order valence-corrected chi connectivity index (χ2v) is 3.63. The minimum absolute atomic E-state index is 0.297. The average molecular weight is 239 g/mol. The van der Waals surface area contributed by atoms with Gasteiger partial charge in [0.25, 0.3) is 0 Å². The van der Waals surface area contributed by atoms with Crippen LogP contribution in [0.25, 0.3) is 0 Å². The summed E-state index contributed by atoms with van der Waals surface area (Å²) in [5.74, 6) is -1.11. The Kier molecular flexibility index (Phi) is 3.42. The lowest BCUT2D eigenvalue weighted by Crippen LogP contribution is -2.04. The van der Waals surface area contributed by atoms with Crippen molar-refractivity contribution in [2.45, 2.75) is 5.38 Å². The van der Waals surface area contributed by atoms with Crippen LogP contribution in [0.3, 0.4) is 0 Å². The van der Waals surface area contributed by atoms with Crippen LogP contribution in [-0.2, 0) is 4.79 Å². The van der Waals surface area contributed by atoms with Gasteiger partial charge in [-0.05, 0) is 17.7 Å². The predicted octanol–water partition coefficient (Wildman–Crippen LogP) is 3.36. The van der Waals surface area contributed by atoms with Crippen LogP contribution < -0.4 is 0 Å². The molecule has 0 saturated heterocycles. The van der Waals surface area contributed by atoms with E-state index < -0.39 is 11.3 Å². The van der Waals surface area contributed by atoms with Crippen LogP contribution in [0, 0.1) is 0 Å². The fourth-order valence-electron chi connectivity index (χ4n) is 0.813. The van der Waals surface area contributed by atoms with E-state index in [1.165, 1.54) is 18.2 Å². The molecule has 0 aliphatic rings. The molecule has 0 aliphatic carbocycles. The van der Waals surface area contributed by atoms with Crippen LogP contribution in [0.2, 0.25) is 10.0 Å². The van der Waals surface area contributed by atoms with Gasteiger partial charge in [0.2, 0.25) is 0 Å². The standard InChI is InChI=1S/C8H5Cl3O2/c9-5-2-1-4(3-6(5)10)7(11)8(12)13/h1-3,7H,(H,12,13). The molecule has 1 N–H and O–H groups in total. The summed E-state index contributed by atoms with van der Waals surface area (Å²) in [5.41, 5.74) is 0.420. The molecule has 0 heterocycles. The Morgan fingerprint density at radius 1 is 1.31 bits per heavy atom. The van der Waals surface area contributed by atoms with E-state index in [1.54, 1.807) is 0 Å². The Hall–Kier alpha value is -0.440. The van der Waals surface area contributed by atoms with Crippen molar-refractivity contribution < 1.29 is 9.90 Å². The molecule has 1 rings (SSSR count). The molecular formula is C8H5Cl3O2. The monoisotopic (exact) mass is 238 g/mol. The molecule has 70 valence electrons. The molecule has 0 spiro atoms. The molecule has 1 aromatic carbocycles. The van der Waals surface area contributed by atoms with Crippen molar-refractivity contribution in [3.63, 3.8) is 0 Å². The van der Waals surface area contributed by atoms with Gasteiger partial charge in [-0.15, -0.1) is 11.6 Å². The zero-order valence-electron chi connectivity index (χ0n) is 6.30. The number of carboxylic acid groups (broad SMARTS) is 1. The summed E-state index contributed by atoms with van der Waals surface area (Å²) in [6.45, 7) is 0. The van der Waals surface area contributed by atoms with E-state index in [4.69, 9.17) is 39.9 Å². The zero-order valence-corrected chi connectivity index (χ0v) is 8.57. The third-order valence-electron chi connectivity index (χ3n) is 1.45. The number of carbonyl (C=O) groups is 1. The minimum Gasteiger partial charge on any atom is -0.480 e. The maximum atomic E-state index is 10.5. The Bertz CT molecular complexity index is 338. The molecule has 1 atom stereocenters. The Morgan fingerprint density at radius 3 is 2.38 bits per heavy atom. The SMILES string of the molecule is O=C(O)C(Cl)c1ccc(Cl)c(Cl)c1.